The number of carbonyl (C=O) groups is 2. The summed E-state index contributed by atoms with van der Waals surface area (Å²) in [6.07, 6.45) is 5.69. The molecule has 6 nitrogen and oxygen atoms in total. The summed E-state index contributed by atoms with van der Waals surface area (Å²) in [6.45, 7) is 2.24. The van der Waals surface area contributed by atoms with Gasteiger partial charge >= 0.3 is 6.03 Å². The number of ether oxygens (including phenoxy) is 1. The highest BCUT2D eigenvalue weighted by Crippen LogP contribution is 2.34. The van der Waals surface area contributed by atoms with E-state index < -0.39 is 0 Å². The summed E-state index contributed by atoms with van der Waals surface area (Å²) in [5.41, 5.74) is 1.19. The quantitative estimate of drug-likeness (QED) is 0.835. The Hall–Kier alpha value is -2.24. The van der Waals surface area contributed by atoms with E-state index in [1.54, 1.807) is 7.11 Å². The van der Waals surface area contributed by atoms with Gasteiger partial charge in [-0.1, -0.05) is 12.1 Å². The van der Waals surface area contributed by atoms with Crippen LogP contribution in [0.5, 0.6) is 5.75 Å². The molecule has 146 valence electrons. The maximum absolute atomic E-state index is 12.8. The van der Waals surface area contributed by atoms with Crippen LogP contribution < -0.4 is 10.1 Å². The Kier molecular flexibility index (Phi) is 5.23. The highest BCUT2D eigenvalue weighted by atomic mass is 16.5. The lowest BCUT2D eigenvalue weighted by Gasteiger charge is -2.26. The minimum absolute atomic E-state index is 0.0175. The number of methoxy groups -OCH3 is 1. The second-order valence-electron chi connectivity index (χ2n) is 8.03. The van der Waals surface area contributed by atoms with Crippen LogP contribution in [0.25, 0.3) is 0 Å². The molecule has 1 aromatic carbocycles. The molecule has 0 aromatic heterocycles. The van der Waals surface area contributed by atoms with Crippen molar-refractivity contribution < 1.29 is 14.3 Å². The van der Waals surface area contributed by atoms with E-state index in [1.165, 1.54) is 18.4 Å². The van der Waals surface area contributed by atoms with Crippen molar-refractivity contribution in [2.24, 2.45) is 5.92 Å². The topological polar surface area (TPSA) is 61.9 Å². The predicted octanol–water partition coefficient (Wildman–Crippen LogP) is 2.42. The molecule has 2 saturated heterocycles. The van der Waals surface area contributed by atoms with Gasteiger partial charge in [0, 0.05) is 32.1 Å². The minimum atomic E-state index is 0.0175. The largest absolute Gasteiger partial charge is 0.497 e. The van der Waals surface area contributed by atoms with Gasteiger partial charge in [0.15, 0.2) is 0 Å². The van der Waals surface area contributed by atoms with Crippen molar-refractivity contribution in [1.29, 1.82) is 0 Å². The van der Waals surface area contributed by atoms with E-state index in [9.17, 15) is 9.59 Å². The normalized spacial score (nSPS) is 23.6. The van der Waals surface area contributed by atoms with E-state index in [0.29, 0.717) is 18.9 Å². The van der Waals surface area contributed by atoms with E-state index in [1.807, 2.05) is 28.0 Å². The van der Waals surface area contributed by atoms with Crippen molar-refractivity contribution in [3.05, 3.63) is 29.8 Å². The van der Waals surface area contributed by atoms with Crippen LogP contribution in [0, 0.1) is 5.92 Å². The lowest BCUT2D eigenvalue weighted by atomic mass is 10.0. The predicted molar refractivity (Wildman–Crippen MR) is 103 cm³/mol. The fraction of sp³-hybridized carbons (Fsp3) is 0.619. The van der Waals surface area contributed by atoms with Crippen LogP contribution >= 0.6 is 0 Å². The van der Waals surface area contributed by atoms with E-state index in [0.717, 1.165) is 38.1 Å². The van der Waals surface area contributed by atoms with Gasteiger partial charge in [-0.05, 0) is 55.7 Å². The Morgan fingerprint density at radius 1 is 1.30 bits per heavy atom. The van der Waals surface area contributed by atoms with Crippen molar-refractivity contribution in [3.63, 3.8) is 0 Å². The molecule has 3 aliphatic rings. The number of rotatable bonds is 6. The molecule has 3 fully saturated rings. The van der Waals surface area contributed by atoms with Crippen LogP contribution in [-0.2, 0) is 11.2 Å². The summed E-state index contributed by atoms with van der Waals surface area (Å²) in [5, 5.41) is 3.27. The van der Waals surface area contributed by atoms with Crippen molar-refractivity contribution >= 4 is 11.9 Å². The smallest absolute Gasteiger partial charge is 0.317 e. The first-order chi connectivity index (χ1) is 13.1. The zero-order chi connectivity index (χ0) is 18.8. The number of benzene rings is 1. The first kappa shape index (κ1) is 18.1. The average molecular weight is 371 g/mol. The van der Waals surface area contributed by atoms with Crippen molar-refractivity contribution in [1.82, 2.24) is 15.1 Å². The van der Waals surface area contributed by atoms with Crippen molar-refractivity contribution in [2.45, 2.75) is 50.6 Å². The zero-order valence-corrected chi connectivity index (χ0v) is 16.0. The van der Waals surface area contributed by atoms with Crippen molar-refractivity contribution in [3.8, 4) is 5.75 Å². The molecule has 1 saturated carbocycles. The zero-order valence-electron chi connectivity index (χ0n) is 16.0. The third-order valence-corrected chi connectivity index (χ3v) is 6.09. The number of urea groups is 1. The fourth-order valence-corrected chi connectivity index (χ4v) is 4.37. The van der Waals surface area contributed by atoms with Crippen LogP contribution in [-0.4, -0.2) is 60.6 Å². The molecule has 0 bridgehead atoms. The Morgan fingerprint density at radius 3 is 2.85 bits per heavy atom. The summed E-state index contributed by atoms with van der Waals surface area (Å²) in [7, 11) is 1.67. The summed E-state index contributed by atoms with van der Waals surface area (Å²) in [6, 6.07) is 8.46. The molecule has 2 heterocycles. The number of amides is 3. The molecule has 1 aromatic rings. The lowest BCUT2D eigenvalue weighted by molar-refractivity contribution is -0.129. The van der Waals surface area contributed by atoms with Crippen LogP contribution in [0.15, 0.2) is 24.3 Å². The Labute approximate surface area is 160 Å². The number of nitrogens with one attached hydrogen (secondary N) is 1. The number of likely N-dealkylation sites (tertiary alicyclic amines) is 2. The molecular formula is C21H29N3O3. The summed E-state index contributed by atoms with van der Waals surface area (Å²) in [4.78, 5) is 28.7. The maximum Gasteiger partial charge on any atom is 0.317 e. The van der Waals surface area contributed by atoms with Gasteiger partial charge in [-0.3, -0.25) is 4.79 Å². The van der Waals surface area contributed by atoms with E-state index >= 15 is 0 Å². The number of hydrogen-bond acceptors (Lipinski definition) is 3. The molecule has 0 spiro atoms. The SMILES string of the molecule is COc1cccc(CC(NC(=O)N2CCC(N3CCCC3=O)C2)C2CC2)c1. The summed E-state index contributed by atoms with van der Waals surface area (Å²) < 4.78 is 5.32. The van der Waals surface area contributed by atoms with Gasteiger partial charge in [-0.25, -0.2) is 4.79 Å². The molecule has 27 heavy (non-hydrogen) atoms. The molecular weight excluding hydrogens is 342 g/mol. The third-order valence-electron chi connectivity index (χ3n) is 6.09. The molecule has 6 heteroatoms. The average Bonchev–Trinajstić information content (AvgIpc) is 3.25. The van der Waals surface area contributed by atoms with Crippen molar-refractivity contribution in [2.75, 3.05) is 26.7 Å². The third kappa shape index (κ3) is 4.20. The molecule has 1 aliphatic carbocycles. The van der Waals surface area contributed by atoms with Crippen LogP contribution in [0.2, 0.25) is 0 Å². The molecule has 2 unspecified atom stereocenters. The number of nitrogens with zero attached hydrogens (tertiary/aromatic N) is 2. The second kappa shape index (κ2) is 7.79. The molecule has 0 radical (unpaired) electrons. The highest BCUT2D eigenvalue weighted by molar-refractivity contribution is 5.79. The van der Waals surface area contributed by atoms with Gasteiger partial charge < -0.3 is 19.9 Å². The van der Waals surface area contributed by atoms with Gasteiger partial charge in [0.25, 0.3) is 0 Å². The molecule has 2 atom stereocenters. The monoisotopic (exact) mass is 371 g/mol. The maximum atomic E-state index is 12.8. The Balaban J connectivity index is 1.34. The Bertz CT molecular complexity index is 704. The lowest BCUT2D eigenvalue weighted by Crippen LogP contribution is -2.47. The van der Waals surface area contributed by atoms with E-state index in [4.69, 9.17) is 4.74 Å². The fourth-order valence-electron chi connectivity index (χ4n) is 4.37. The van der Waals surface area contributed by atoms with Crippen LogP contribution in [0.3, 0.4) is 0 Å². The first-order valence-corrected chi connectivity index (χ1v) is 10.1. The molecule has 1 N–H and O–H groups in total. The minimum Gasteiger partial charge on any atom is -0.497 e. The summed E-state index contributed by atoms with van der Waals surface area (Å²) >= 11 is 0. The second-order valence-corrected chi connectivity index (χ2v) is 8.03. The molecule has 3 amide bonds. The van der Waals surface area contributed by atoms with Crippen LogP contribution in [0.4, 0.5) is 4.79 Å². The summed E-state index contributed by atoms with van der Waals surface area (Å²) in [5.74, 6) is 1.67. The standard InChI is InChI=1S/C21H29N3O3/c1-27-18-5-2-4-15(12-18)13-19(16-7-8-16)22-21(26)23-11-9-17(14-23)24-10-3-6-20(24)25/h2,4-5,12,16-17,19H,3,6-11,13-14H2,1H3,(H,22,26). The van der Waals surface area contributed by atoms with Gasteiger partial charge in [0.2, 0.25) is 5.91 Å². The van der Waals surface area contributed by atoms with E-state index in [-0.39, 0.29) is 24.0 Å². The van der Waals surface area contributed by atoms with Crippen LogP contribution in [0.1, 0.15) is 37.7 Å². The highest BCUT2D eigenvalue weighted by Gasteiger charge is 2.37. The van der Waals surface area contributed by atoms with Gasteiger partial charge in [0.05, 0.1) is 13.2 Å². The van der Waals surface area contributed by atoms with E-state index in [2.05, 4.69) is 11.4 Å². The first-order valence-electron chi connectivity index (χ1n) is 10.1. The Morgan fingerprint density at radius 2 is 2.15 bits per heavy atom. The van der Waals surface area contributed by atoms with Gasteiger partial charge in [-0.15, -0.1) is 0 Å². The van der Waals surface area contributed by atoms with Gasteiger partial charge in [0.1, 0.15) is 5.75 Å². The van der Waals surface area contributed by atoms with Gasteiger partial charge in [-0.2, -0.15) is 0 Å². The number of hydrogen-bond donors (Lipinski definition) is 1. The molecule has 2 aliphatic heterocycles. The number of carbonyl (C=O) groups excluding carboxylic acids is 2. The molecule has 4 rings (SSSR count).